The number of aromatic nitrogens is 1. The number of carbonyl (C=O) groups is 1. The van der Waals surface area contributed by atoms with E-state index in [0.717, 1.165) is 25.1 Å². The smallest absolute Gasteiger partial charge is 0.132 e. The highest BCUT2D eigenvalue weighted by atomic mass is 16.1. The molecule has 17 heavy (non-hydrogen) atoms. The van der Waals surface area contributed by atoms with Gasteiger partial charge in [-0.2, -0.15) is 0 Å². The minimum absolute atomic E-state index is 0.0681. The number of ketones is 1. The average molecular weight is 232 g/mol. The highest BCUT2D eigenvalue weighted by molar-refractivity contribution is 5.79. The van der Waals surface area contributed by atoms with E-state index in [9.17, 15) is 4.79 Å². The van der Waals surface area contributed by atoms with Gasteiger partial charge in [-0.25, -0.2) is 0 Å². The van der Waals surface area contributed by atoms with Crippen LogP contribution in [0.4, 0.5) is 0 Å². The van der Waals surface area contributed by atoms with E-state index in [0.29, 0.717) is 18.6 Å². The molecule has 1 saturated carbocycles. The van der Waals surface area contributed by atoms with Gasteiger partial charge in [0, 0.05) is 36.7 Å². The number of rotatable bonds is 3. The van der Waals surface area contributed by atoms with Crippen LogP contribution in [0.3, 0.4) is 0 Å². The standard InChI is InChI=1S/C14H20N2O/c1-16(2)11-14(8-6-12(17)7-9-14)13-5-3-4-10-15-13/h3-5,10H,6-9,11H2,1-2H3. The molecule has 1 aromatic heterocycles. The number of Topliss-reactive ketones (excluding diaryl/α,β-unsaturated/α-hetero) is 1. The van der Waals surface area contributed by atoms with Crippen LogP contribution < -0.4 is 0 Å². The van der Waals surface area contributed by atoms with Gasteiger partial charge in [0.1, 0.15) is 5.78 Å². The van der Waals surface area contributed by atoms with Crippen molar-refractivity contribution in [2.45, 2.75) is 31.1 Å². The summed E-state index contributed by atoms with van der Waals surface area (Å²) in [7, 11) is 4.17. The highest BCUT2D eigenvalue weighted by Gasteiger charge is 2.37. The van der Waals surface area contributed by atoms with E-state index >= 15 is 0 Å². The van der Waals surface area contributed by atoms with Crippen molar-refractivity contribution in [3.63, 3.8) is 0 Å². The number of pyridine rings is 1. The first kappa shape index (κ1) is 12.2. The molecular weight excluding hydrogens is 212 g/mol. The zero-order valence-corrected chi connectivity index (χ0v) is 10.6. The predicted octanol–water partition coefficient (Wildman–Crippen LogP) is 2.02. The zero-order valence-electron chi connectivity index (χ0n) is 10.6. The minimum atomic E-state index is 0.0681. The van der Waals surface area contributed by atoms with E-state index in [1.54, 1.807) is 0 Å². The van der Waals surface area contributed by atoms with Gasteiger partial charge in [0.2, 0.25) is 0 Å². The van der Waals surface area contributed by atoms with Gasteiger partial charge >= 0.3 is 0 Å². The SMILES string of the molecule is CN(C)CC1(c2ccccn2)CCC(=O)CC1. The lowest BCUT2D eigenvalue weighted by molar-refractivity contribution is -0.121. The van der Waals surface area contributed by atoms with Crippen molar-refractivity contribution in [3.8, 4) is 0 Å². The molecule has 1 aliphatic carbocycles. The maximum atomic E-state index is 11.4. The van der Waals surface area contributed by atoms with Crippen LogP contribution in [0.5, 0.6) is 0 Å². The summed E-state index contributed by atoms with van der Waals surface area (Å²) in [5.41, 5.74) is 1.21. The van der Waals surface area contributed by atoms with Crippen LogP contribution in [0.2, 0.25) is 0 Å². The van der Waals surface area contributed by atoms with Crippen molar-refractivity contribution in [1.29, 1.82) is 0 Å². The molecule has 0 unspecified atom stereocenters. The third-order valence-electron chi connectivity index (χ3n) is 3.59. The van der Waals surface area contributed by atoms with Gasteiger partial charge in [-0.05, 0) is 39.1 Å². The second-order valence-corrected chi connectivity index (χ2v) is 5.27. The zero-order chi connectivity index (χ0) is 12.3. The minimum Gasteiger partial charge on any atom is -0.308 e. The maximum Gasteiger partial charge on any atom is 0.132 e. The summed E-state index contributed by atoms with van der Waals surface area (Å²) in [6, 6.07) is 6.08. The fraction of sp³-hybridized carbons (Fsp3) is 0.571. The van der Waals surface area contributed by atoms with Gasteiger partial charge < -0.3 is 4.90 Å². The number of hydrogen-bond donors (Lipinski definition) is 0. The number of carbonyl (C=O) groups excluding carboxylic acids is 1. The summed E-state index contributed by atoms with van der Waals surface area (Å²) < 4.78 is 0. The summed E-state index contributed by atoms with van der Waals surface area (Å²) in [6.45, 7) is 0.970. The van der Waals surface area contributed by atoms with E-state index < -0.39 is 0 Å². The second-order valence-electron chi connectivity index (χ2n) is 5.27. The molecule has 1 fully saturated rings. The number of likely N-dealkylation sites (N-methyl/N-ethyl adjacent to an activating group) is 1. The number of nitrogens with zero attached hydrogens (tertiary/aromatic N) is 2. The molecule has 0 radical (unpaired) electrons. The van der Waals surface area contributed by atoms with Gasteiger partial charge in [-0.3, -0.25) is 9.78 Å². The van der Waals surface area contributed by atoms with Crippen molar-refractivity contribution in [3.05, 3.63) is 30.1 Å². The summed E-state index contributed by atoms with van der Waals surface area (Å²) in [4.78, 5) is 18.1. The van der Waals surface area contributed by atoms with E-state index in [-0.39, 0.29) is 5.41 Å². The summed E-state index contributed by atoms with van der Waals surface area (Å²) in [5.74, 6) is 0.398. The molecule has 1 heterocycles. The quantitative estimate of drug-likeness (QED) is 0.799. The molecular formula is C14H20N2O. The first-order valence-electron chi connectivity index (χ1n) is 6.20. The average Bonchev–Trinajstić information content (AvgIpc) is 2.33. The Bertz CT molecular complexity index is 376. The van der Waals surface area contributed by atoms with Gasteiger partial charge in [0.15, 0.2) is 0 Å². The molecule has 0 bridgehead atoms. The first-order valence-corrected chi connectivity index (χ1v) is 6.20. The molecule has 0 aromatic carbocycles. The molecule has 0 saturated heterocycles. The van der Waals surface area contributed by atoms with Gasteiger partial charge in [-0.1, -0.05) is 6.07 Å². The van der Waals surface area contributed by atoms with Crippen LogP contribution >= 0.6 is 0 Å². The Labute approximate surface area is 103 Å². The Balaban J connectivity index is 2.27. The summed E-state index contributed by atoms with van der Waals surface area (Å²) in [6.07, 6.45) is 5.11. The molecule has 0 atom stereocenters. The Morgan fingerprint density at radius 2 is 2.00 bits per heavy atom. The molecule has 3 nitrogen and oxygen atoms in total. The first-order chi connectivity index (χ1) is 8.12. The van der Waals surface area contributed by atoms with Crippen LogP contribution in [-0.4, -0.2) is 36.3 Å². The van der Waals surface area contributed by atoms with Crippen LogP contribution in [-0.2, 0) is 10.2 Å². The van der Waals surface area contributed by atoms with Crippen molar-refractivity contribution < 1.29 is 4.79 Å². The molecule has 1 aromatic rings. The van der Waals surface area contributed by atoms with Gasteiger partial charge in [0.05, 0.1) is 0 Å². The van der Waals surface area contributed by atoms with Crippen LogP contribution in [0.1, 0.15) is 31.4 Å². The fourth-order valence-electron chi connectivity index (χ4n) is 2.78. The van der Waals surface area contributed by atoms with E-state index in [1.807, 2.05) is 18.3 Å². The molecule has 92 valence electrons. The van der Waals surface area contributed by atoms with Crippen molar-refractivity contribution in [2.24, 2.45) is 0 Å². The predicted molar refractivity (Wildman–Crippen MR) is 67.9 cm³/mol. The molecule has 0 spiro atoms. The summed E-state index contributed by atoms with van der Waals surface area (Å²) in [5, 5.41) is 0. The van der Waals surface area contributed by atoms with E-state index in [1.165, 1.54) is 0 Å². The van der Waals surface area contributed by atoms with Crippen molar-refractivity contribution in [2.75, 3.05) is 20.6 Å². The Morgan fingerprint density at radius 1 is 1.29 bits per heavy atom. The van der Waals surface area contributed by atoms with Gasteiger partial charge in [-0.15, -0.1) is 0 Å². The van der Waals surface area contributed by atoms with E-state index in [2.05, 4.69) is 30.0 Å². The third kappa shape index (κ3) is 2.72. The molecule has 0 aliphatic heterocycles. The summed E-state index contributed by atoms with van der Waals surface area (Å²) >= 11 is 0. The molecule has 2 rings (SSSR count). The van der Waals surface area contributed by atoms with E-state index in [4.69, 9.17) is 0 Å². The molecule has 1 aliphatic rings. The Kier molecular flexibility index (Phi) is 3.57. The molecule has 0 N–H and O–H groups in total. The third-order valence-corrected chi connectivity index (χ3v) is 3.59. The lowest BCUT2D eigenvalue weighted by Gasteiger charge is -2.38. The Morgan fingerprint density at radius 3 is 2.53 bits per heavy atom. The fourth-order valence-corrected chi connectivity index (χ4v) is 2.78. The highest BCUT2D eigenvalue weighted by Crippen LogP contribution is 2.37. The van der Waals surface area contributed by atoms with Crippen LogP contribution in [0.15, 0.2) is 24.4 Å². The Hall–Kier alpha value is -1.22. The number of hydrogen-bond acceptors (Lipinski definition) is 3. The van der Waals surface area contributed by atoms with Crippen molar-refractivity contribution >= 4 is 5.78 Å². The lowest BCUT2D eigenvalue weighted by atomic mass is 9.71. The monoisotopic (exact) mass is 232 g/mol. The van der Waals surface area contributed by atoms with Crippen LogP contribution in [0.25, 0.3) is 0 Å². The topological polar surface area (TPSA) is 33.2 Å². The second kappa shape index (κ2) is 4.96. The normalized spacial score (nSPS) is 19.6. The van der Waals surface area contributed by atoms with Crippen LogP contribution in [0, 0.1) is 0 Å². The largest absolute Gasteiger partial charge is 0.308 e. The molecule has 3 heteroatoms. The molecule has 0 amide bonds. The maximum absolute atomic E-state index is 11.4. The van der Waals surface area contributed by atoms with Crippen molar-refractivity contribution in [1.82, 2.24) is 9.88 Å². The lowest BCUT2D eigenvalue weighted by Crippen LogP contribution is -2.41. The van der Waals surface area contributed by atoms with Gasteiger partial charge in [0.25, 0.3) is 0 Å².